The Morgan fingerprint density at radius 1 is 0.821 bits per heavy atom. The normalized spacial score (nSPS) is 23.7. The first kappa shape index (κ1) is 26.2. The van der Waals surface area contributed by atoms with Gasteiger partial charge in [0.1, 0.15) is 0 Å². The highest BCUT2D eigenvalue weighted by molar-refractivity contribution is 5.75. The van der Waals surface area contributed by atoms with Gasteiger partial charge in [0.2, 0.25) is 0 Å². The molecule has 3 nitrogen and oxygen atoms in total. The minimum Gasteiger partial charge on any atom is -0.396 e. The van der Waals surface area contributed by atoms with Crippen LogP contribution in [0, 0.1) is 0 Å². The monoisotopic (exact) mass is 520 g/mol. The van der Waals surface area contributed by atoms with Crippen LogP contribution >= 0.6 is 0 Å². The number of anilines is 2. The molecule has 0 saturated carbocycles. The summed E-state index contributed by atoms with van der Waals surface area (Å²) >= 11 is 0. The number of para-hydroxylation sites is 2. The van der Waals surface area contributed by atoms with E-state index in [4.69, 9.17) is 0 Å². The van der Waals surface area contributed by atoms with Crippen LogP contribution in [-0.4, -0.2) is 24.8 Å². The van der Waals surface area contributed by atoms with Crippen molar-refractivity contribution in [3.05, 3.63) is 107 Å². The lowest BCUT2D eigenvalue weighted by molar-refractivity contribution is 0.281. The minimum atomic E-state index is 0.00743. The van der Waals surface area contributed by atoms with Crippen molar-refractivity contribution in [3.8, 4) is 0 Å². The van der Waals surface area contributed by atoms with Crippen LogP contribution in [-0.2, 0) is 23.7 Å². The summed E-state index contributed by atoms with van der Waals surface area (Å²) in [6, 6.07) is 13.8. The van der Waals surface area contributed by atoms with Gasteiger partial charge in [-0.25, -0.2) is 0 Å². The number of aliphatic hydroxyl groups excluding tert-OH is 1. The van der Waals surface area contributed by atoms with Gasteiger partial charge in [-0.15, -0.1) is 0 Å². The van der Waals surface area contributed by atoms with E-state index >= 15 is 0 Å². The number of hydrogen-bond acceptors (Lipinski definition) is 3. The number of aryl methyl sites for hydroxylation is 1. The highest BCUT2D eigenvalue weighted by Gasteiger charge is 2.42. The van der Waals surface area contributed by atoms with E-state index in [9.17, 15) is 5.11 Å². The summed E-state index contributed by atoms with van der Waals surface area (Å²) in [5.41, 5.74) is 11.7. The topological polar surface area (TPSA) is 26.7 Å². The second kappa shape index (κ2) is 10.5. The maximum Gasteiger partial charge on any atom is 0.0483 e. The number of rotatable bonds is 9. The predicted molar refractivity (Wildman–Crippen MR) is 165 cm³/mol. The van der Waals surface area contributed by atoms with E-state index < -0.39 is 0 Å². The highest BCUT2D eigenvalue weighted by atomic mass is 16.2. The molecular weight excluding hydrogens is 476 g/mol. The molecule has 0 aromatic heterocycles. The van der Waals surface area contributed by atoms with Crippen LogP contribution in [0.1, 0.15) is 81.5 Å². The molecule has 1 unspecified atom stereocenters. The SMILES string of the molecule is CC1(CCCCCCO)C(/C=C/C=C/C=C2/N3CCCc4cccc(c43)C2(C)C)=CN2CCc3cccc1c32. The lowest BCUT2D eigenvalue weighted by Crippen LogP contribution is -2.32. The number of aliphatic hydroxyl groups is 1. The van der Waals surface area contributed by atoms with Gasteiger partial charge in [-0.2, -0.15) is 0 Å². The van der Waals surface area contributed by atoms with E-state index in [1.54, 1.807) is 0 Å². The fraction of sp³-hybridized carbons (Fsp3) is 0.444. The smallest absolute Gasteiger partial charge is 0.0483 e. The maximum atomic E-state index is 9.20. The van der Waals surface area contributed by atoms with E-state index in [1.807, 2.05) is 0 Å². The first-order valence-corrected chi connectivity index (χ1v) is 15.1. The molecule has 2 aromatic carbocycles. The third kappa shape index (κ3) is 4.49. The van der Waals surface area contributed by atoms with Crippen molar-refractivity contribution in [2.45, 2.75) is 83.0 Å². The van der Waals surface area contributed by atoms with Crippen LogP contribution in [0.4, 0.5) is 11.4 Å². The van der Waals surface area contributed by atoms with Crippen LogP contribution in [0.3, 0.4) is 0 Å². The van der Waals surface area contributed by atoms with Gasteiger partial charge in [0.15, 0.2) is 0 Å². The van der Waals surface area contributed by atoms with Gasteiger partial charge in [-0.05, 0) is 66.0 Å². The molecule has 0 fully saturated rings. The molecule has 0 radical (unpaired) electrons. The second-order valence-corrected chi connectivity index (χ2v) is 12.6. The molecular formula is C36H44N2O. The van der Waals surface area contributed by atoms with Gasteiger partial charge in [0.05, 0.1) is 0 Å². The Hall–Kier alpha value is -3.04. The second-order valence-electron chi connectivity index (χ2n) is 12.6. The van der Waals surface area contributed by atoms with Crippen molar-refractivity contribution in [1.29, 1.82) is 0 Å². The van der Waals surface area contributed by atoms with Crippen molar-refractivity contribution in [3.63, 3.8) is 0 Å². The van der Waals surface area contributed by atoms with Crippen LogP contribution in [0.25, 0.3) is 0 Å². The van der Waals surface area contributed by atoms with Gasteiger partial charge in [-0.1, -0.05) is 101 Å². The van der Waals surface area contributed by atoms with E-state index in [2.05, 4.69) is 104 Å². The van der Waals surface area contributed by atoms with Crippen LogP contribution in [0.2, 0.25) is 0 Å². The largest absolute Gasteiger partial charge is 0.396 e. The number of benzene rings is 2. The molecule has 0 bridgehead atoms. The molecule has 4 aliphatic heterocycles. The lowest BCUT2D eigenvalue weighted by atomic mass is 9.69. The zero-order chi connectivity index (χ0) is 27.0. The zero-order valence-corrected chi connectivity index (χ0v) is 24.0. The number of allylic oxidation sites excluding steroid dienone is 7. The first-order valence-electron chi connectivity index (χ1n) is 15.1. The third-order valence-corrected chi connectivity index (χ3v) is 9.71. The average molecular weight is 521 g/mol. The Morgan fingerprint density at radius 2 is 1.59 bits per heavy atom. The van der Waals surface area contributed by atoms with Crippen LogP contribution < -0.4 is 9.80 Å². The summed E-state index contributed by atoms with van der Waals surface area (Å²) in [6.45, 7) is 9.68. The van der Waals surface area contributed by atoms with Crippen molar-refractivity contribution < 1.29 is 5.11 Å². The molecule has 2 aromatic rings. The quantitative estimate of drug-likeness (QED) is 0.269. The summed E-state index contributed by atoms with van der Waals surface area (Å²) in [5.74, 6) is 0. The molecule has 39 heavy (non-hydrogen) atoms. The summed E-state index contributed by atoms with van der Waals surface area (Å²) in [5, 5.41) is 9.20. The lowest BCUT2D eigenvalue weighted by Gasteiger charge is -2.40. The third-order valence-electron chi connectivity index (χ3n) is 9.71. The number of unbranched alkanes of at least 4 members (excludes halogenated alkanes) is 3. The highest BCUT2D eigenvalue weighted by Crippen LogP contribution is 2.51. The molecule has 0 spiro atoms. The van der Waals surface area contributed by atoms with Gasteiger partial charge in [-0.3, -0.25) is 0 Å². The Balaban J connectivity index is 1.24. The van der Waals surface area contributed by atoms with Crippen LogP contribution in [0.5, 0.6) is 0 Å². The summed E-state index contributed by atoms with van der Waals surface area (Å²) in [7, 11) is 0. The van der Waals surface area contributed by atoms with E-state index in [-0.39, 0.29) is 10.8 Å². The Kier molecular flexibility index (Phi) is 7.05. The molecule has 3 heteroatoms. The molecule has 4 aliphatic rings. The van der Waals surface area contributed by atoms with E-state index in [1.165, 1.54) is 70.6 Å². The fourth-order valence-electron chi connectivity index (χ4n) is 7.52. The number of nitrogens with zero attached hydrogens (tertiary/aromatic N) is 2. The molecule has 204 valence electrons. The molecule has 1 N–H and O–H groups in total. The zero-order valence-electron chi connectivity index (χ0n) is 24.0. The maximum absolute atomic E-state index is 9.20. The fourth-order valence-corrected chi connectivity index (χ4v) is 7.52. The summed E-state index contributed by atoms with van der Waals surface area (Å²) in [4.78, 5) is 5.05. The molecule has 1 atom stereocenters. The van der Waals surface area contributed by atoms with Gasteiger partial charge in [0, 0.05) is 53.8 Å². The number of hydrogen-bond donors (Lipinski definition) is 1. The van der Waals surface area contributed by atoms with E-state index in [0.717, 1.165) is 38.8 Å². The van der Waals surface area contributed by atoms with Crippen molar-refractivity contribution >= 4 is 11.4 Å². The Morgan fingerprint density at radius 3 is 2.41 bits per heavy atom. The summed E-state index contributed by atoms with van der Waals surface area (Å²) < 4.78 is 0. The van der Waals surface area contributed by atoms with Crippen molar-refractivity contribution in [2.24, 2.45) is 0 Å². The summed E-state index contributed by atoms with van der Waals surface area (Å²) in [6.07, 6.45) is 22.9. The van der Waals surface area contributed by atoms with E-state index in [0.29, 0.717) is 6.61 Å². The first-order chi connectivity index (χ1) is 18.9. The van der Waals surface area contributed by atoms with Gasteiger partial charge in [0.25, 0.3) is 0 Å². The molecule has 6 rings (SSSR count). The van der Waals surface area contributed by atoms with Crippen LogP contribution in [0.15, 0.2) is 84.2 Å². The molecule has 0 amide bonds. The predicted octanol–water partition coefficient (Wildman–Crippen LogP) is 7.89. The van der Waals surface area contributed by atoms with Crippen molar-refractivity contribution in [2.75, 3.05) is 29.5 Å². The Bertz CT molecular complexity index is 1360. The molecule has 0 aliphatic carbocycles. The van der Waals surface area contributed by atoms with Gasteiger partial charge >= 0.3 is 0 Å². The van der Waals surface area contributed by atoms with Crippen molar-refractivity contribution in [1.82, 2.24) is 0 Å². The Labute approximate surface area is 235 Å². The standard InChI is InChI=1S/C36H44N2O/c1-35(2)30-18-11-14-27-16-13-23-38(34(27)30)32(35)20-8-6-7-17-29-26-37-24-21-28-15-12-19-31(33(28)37)36(29,3)22-9-4-5-10-25-39/h6-8,11-12,14-15,17-20,26,39H,4-5,9-10,13,16,21-25H2,1-3H3/b8-6+,17-7+,32-20+. The molecule has 0 saturated heterocycles. The van der Waals surface area contributed by atoms with Gasteiger partial charge < -0.3 is 14.9 Å². The minimum absolute atomic E-state index is 0.00743. The average Bonchev–Trinajstić information content (AvgIpc) is 3.45. The molecule has 4 heterocycles.